The molecule has 2 heterocycles. The van der Waals surface area contributed by atoms with Crippen molar-refractivity contribution < 1.29 is 4.84 Å². The molecular weight excluding hydrogens is 204 g/mol. The highest BCUT2D eigenvalue weighted by atomic mass is 16.7. The molecule has 16 heavy (non-hydrogen) atoms. The highest BCUT2D eigenvalue weighted by Crippen LogP contribution is 2.03. The zero-order chi connectivity index (χ0) is 12.4. The molecule has 0 aliphatic carbocycles. The predicted molar refractivity (Wildman–Crippen MR) is 65.1 cm³/mol. The molecule has 0 spiro atoms. The van der Waals surface area contributed by atoms with Crippen LogP contribution in [0.2, 0.25) is 0 Å². The first-order valence-electron chi connectivity index (χ1n) is 5.54. The van der Waals surface area contributed by atoms with Gasteiger partial charge >= 0.3 is 0 Å². The molecule has 0 amide bonds. The molecule has 0 aromatic carbocycles. The number of hydrogen-bond donors (Lipinski definition) is 0. The maximum atomic E-state index is 4.85. The van der Waals surface area contributed by atoms with Crippen LogP contribution in [0.25, 0.3) is 11.2 Å². The van der Waals surface area contributed by atoms with Crippen LogP contribution in [0.3, 0.4) is 0 Å². The van der Waals surface area contributed by atoms with Gasteiger partial charge in [-0.25, -0.2) is 4.98 Å². The van der Waals surface area contributed by atoms with Crippen LogP contribution in [0.1, 0.15) is 34.1 Å². The molecule has 0 aliphatic rings. The van der Waals surface area contributed by atoms with Crippen LogP contribution in [0, 0.1) is 0 Å². The van der Waals surface area contributed by atoms with Crippen molar-refractivity contribution >= 4 is 11.2 Å². The van der Waals surface area contributed by atoms with Gasteiger partial charge in [0, 0.05) is 6.20 Å². The van der Waals surface area contributed by atoms with Gasteiger partial charge in [0.05, 0.1) is 0 Å². The number of aromatic nitrogens is 4. The summed E-state index contributed by atoms with van der Waals surface area (Å²) in [6.07, 6.45) is 2.92. The Kier molecular flexibility index (Phi) is 7.75. The Morgan fingerprint density at radius 3 is 2.50 bits per heavy atom. The number of hydrogen-bond acceptors (Lipinski definition) is 4. The van der Waals surface area contributed by atoms with E-state index in [-0.39, 0.29) is 0 Å². The lowest BCUT2D eigenvalue weighted by Crippen LogP contribution is -2.07. The molecule has 5 nitrogen and oxygen atoms in total. The summed E-state index contributed by atoms with van der Waals surface area (Å²) in [5, 5.41) is 7.51. The SMILES string of the molecule is CC.CCC.COn1nnc2cccnc21. The normalized spacial score (nSPS) is 8.56. The van der Waals surface area contributed by atoms with Gasteiger partial charge in [-0.1, -0.05) is 39.0 Å². The molecule has 0 saturated carbocycles. The second-order valence-corrected chi connectivity index (χ2v) is 2.70. The number of fused-ring (bicyclic) bond motifs is 1. The summed E-state index contributed by atoms with van der Waals surface area (Å²) in [5.41, 5.74) is 1.37. The quantitative estimate of drug-likeness (QED) is 0.746. The maximum Gasteiger partial charge on any atom is 0.219 e. The van der Waals surface area contributed by atoms with E-state index in [9.17, 15) is 0 Å². The van der Waals surface area contributed by atoms with Gasteiger partial charge in [-0.3, -0.25) is 0 Å². The third kappa shape index (κ3) is 3.84. The monoisotopic (exact) mass is 224 g/mol. The molecule has 0 atom stereocenters. The Morgan fingerprint density at radius 2 is 1.94 bits per heavy atom. The summed E-state index contributed by atoms with van der Waals surface area (Å²) >= 11 is 0. The molecule has 0 bridgehead atoms. The molecule has 0 fully saturated rings. The second-order valence-electron chi connectivity index (χ2n) is 2.70. The van der Waals surface area contributed by atoms with Crippen molar-refractivity contribution in [3.05, 3.63) is 18.3 Å². The minimum Gasteiger partial charge on any atom is -0.397 e. The predicted octanol–water partition coefficient (Wildman–Crippen LogP) is 2.33. The van der Waals surface area contributed by atoms with Crippen LogP contribution >= 0.6 is 0 Å². The largest absolute Gasteiger partial charge is 0.397 e. The van der Waals surface area contributed by atoms with Gasteiger partial charge in [0.15, 0.2) is 0 Å². The molecule has 0 radical (unpaired) electrons. The molecule has 2 rings (SSSR count). The van der Waals surface area contributed by atoms with E-state index in [2.05, 4.69) is 29.1 Å². The lowest BCUT2D eigenvalue weighted by Gasteiger charge is -1.94. The van der Waals surface area contributed by atoms with E-state index in [4.69, 9.17) is 4.84 Å². The third-order valence-electron chi connectivity index (χ3n) is 1.35. The minimum atomic E-state index is 0.634. The van der Waals surface area contributed by atoms with E-state index in [0.717, 1.165) is 5.52 Å². The Labute approximate surface area is 96.4 Å². The fourth-order valence-electron chi connectivity index (χ4n) is 0.868. The average molecular weight is 224 g/mol. The van der Waals surface area contributed by atoms with Gasteiger partial charge < -0.3 is 4.84 Å². The third-order valence-corrected chi connectivity index (χ3v) is 1.35. The van der Waals surface area contributed by atoms with Crippen molar-refractivity contribution in [1.82, 2.24) is 20.1 Å². The molecule has 0 N–H and O–H groups in total. The fraction of sp³-hybridized carbons (Fsp3) is 0.545. The van der Waals surface area contributed by atoms with E-state index < -0.39 is 0 Å². The molecule has 5 heteroatoms. The molecule has 0 aliphatic heterocycles. The summed E-state index contributed by atoms with van der Waals surface area (Å²) in [4.78, 5) is 10.1. The molecule has 0 unspecified atom stereocenters. The van der Waals surface area contributed by atoms with Crippen LogP contribution in [-0.2, 0) is 0 Å². The molecule has 2 aromatic rings. The summed E-state index contributed by atoms with van der Waals surface area (Å²) in [5.74, 6) is 0. The summed E-state index contributed by atoms with van der Waals surface area (Å²) < 4.78 is 0. The topological polar surface area (TPSA) is 52.8 Å². The lowest BCUT2D eigenvalue weighted by atomic mass is 10.4. The first-order valence-corrected chi connectivity index (χ1v) is 5.54. The first-order chi connectivity index (χ1) is 7.83. The Balaban J connectivity index is 0.000000394. The smallest absolute Gasteiger partial charge is 0.219 e. The standard InChI is InChI=1S/C6H6N4O.C3H8.C2H6/c1-11-10-6-5(8-9-10)3-2-4-7-6;1-3-2;1-2/h2-4H,1H3;3H2,1-2H3;1-2H3. The fourth-order valence-corrected chi connectivity index (χ4v) is 0.868. The van der Waals surface area contributed by atoms with Crippen molar-refractivity contribution in [3.8, 4) is 0 Å². The van der Waals surface area contributed by atoms with E-state index in [0.29, 0.717) is 5.65 Å². The van der Waals surface area contributed by atoms with Gasteiger partial charge in [-0.15, -0.1) is 5.10 Å². The van der Waals surface area contributed by atoms with Crippen molar-refractivity contribution in [2.75, 3.05) is 7.11 Å². The van der Waals surface area contributed by atoms with E-state index >= 15 is 0 Å². The van der Waals surface area contributed by atoms with Gasteiger partial charge in [0.2, 0.25) is 5.65 Å². The van der Waals surface area contributed by atoms with Crippen molar-refractivity contribution in [2.24, 2.45) is 0 Å². The van der Waals surface area contributed by atoms with Gasteiger partial charge in [-0.2, -0.15) is 0 Å². The molecule has 0 saturated heterocycles. The van der Waals surface area contributed by atoms with E-state index in [1.54, 1.807) is 12.3 Å². The Bertz CT molecular complexity index is 386. The van der Waals surface area contributed by atoms with Crippen LogP contribution in [0.4, 0.5) is 0 Å². The molecule has 90 valence electrons. The highest BCUT2D eigenvalue weighted by molar-refractivity contribution is 5.68. The Morgan fingerprint density at radius 1 is 1.31 bits per heavy atom. The Hall–Kier alpha value is -1.65. The summed E-state index contributed by atoms with van der Waals surface area (Å²) in [6.45, 7) is 8.25. The average Bonchev–Trinajstić information content (AvgIpc) is 2.75. The summed E-state index contributed by atoms with van der Waals surface area (Å²) in [6, 6.07) is 3.63. The molecule has 2 aromatic heterocycles. The van der Waals surface area contributed by atoms with Crippen LogP contribution in [-0.4, -0.2) is 27.3 Å². The van der Waals surface area contributed by atoms with E-state index in [1.165, 1.54) is 18.4 Å². The van der Waals surface area contributed by atoms with Crippen molar-refractivity contribution in [3.63, 3.8) is 0 Å². The van der Waals surface area contributed by atoms with Crippen LogP contribution in [0.5, 0.6) is 0 Å². The zero-order valence-electron chi connectivity index (χ0n) is 10.6. The van der Waals surface area contributed by atoms with Gasteiger partial charge in [-0.05, 0) is 17.3 Å². The first kappa shape index (κ1) is 14.3. The zero-order valence-corrected chi connectivity index (χ0v) is 10.6. The summed E-state index contributed by atoms with van der Waals surface area (Å²) in [7, 11) is 1.52. The minimum absolute atomic E-state index is 0.634. The molecular formula is C11H20N4O. The van der Waals surface area contributed by atoms with Crippen LogP contribution in [0.15, 0.2) is 18.3 Å². The van der Waals surface area contributed by atoms with Gasteiger partial charge in [0.25, 0.3) is 0 Å². The van der Waals surface area contributed by atoms with Crippen molar-refractivity contribution in [1.29, 1.82) is 0 Å². The number of nitrogens with zero attached hydrogens (tertiary/aromatic N) is 4. The highest BCUT2D eigenvalue weighted by Gasteiger charge is 2.02. The lowest BCUT2D eigenvalue weighted by molar-refractivity contribution is 0.138. The maximum absolute atomic E-state index is 4.85. The van der Waals surface area contributed by atoms with Gasteiger partial charge in [0.1, 0.15) is 12.6 Å². The number of pyridine rings is 1. The second kappa shape index (κ2) is 8.64. The number of rotatable bonds is 1. The van der Waals surface area contributed by atoms with Crippen molar-refractivity contribution in [2.45, 2.75) is 34.1 Å². The van der Waals surface area contributed by atoms with E-state index in [1.807, 2.05) is 19.9 Å². The van der Waals surface area contributed by atoms with Crippen LogP contribution < -0.4 is 4.84 Å².